The fraction of sp³-hybridized carbons (Fsp3) is 0.100. The summed E-state index contributed by atoms with van der Waals surface area (Å²) in [6.45, 7) is 0. The van der Waals surface area contributed by atoms with Gasteiger partial charge < -0.3 is 19.7 Å². The number of aromatic hydroxyl groups is 1. The highest BCUT2D eigenvalue weighted by atomic mass is 32.1. The van der Waals surface area contributed by atoms with Gasteiger partial charge in [-0.2, -0.15) is 0 Å². The molecule has 0 bridgehead atoms. The maximum Gasteiger partial charge on any atom is 0.268 e. The van der Waals surface area contributed by atoms with Gasteiger partial charge in [-0.25, -0.2) is 0 Å². The lowest BCUT2D eigenvalue weighted by Crippen LogP contribution is -2.29. The summed E-state index contributed by atoms with van der Waals surface area (Å²) in [7, 11) is 3.15. The molecule has 1 aromatic heterocycles. The summed E-state index contributed by atoms with van der Waals surface area (Å²) in [6.07, 6.45) is 3.11. The number of phenols is 1. The normalized spacial score (nSPS) is 12.2. The largest absolute Gasteiger partial charge is 0.508 e. The van der Waals surface area contributed by atoms with Crippen molar-refractivity contribution >= 4 is 35.1 Å². The summed E-state index contributed by atoms with van der Waals surface area (Å²) >= 11 is 1.22. The van der Waals surface area contributed by atoms with Gasteiger partial charge >= 0.3 is 0 Å². The van der Waals surface area contributed by atoms with Crippen LogP contribution < -0.4 is 24.8 Å². The first kappa shape index (κ1) is 18.5. The number of benzene rings is 2. The molecule has 6 nitrogen and oxygen atoms in total. The van der Waals surface area contributed by atoms with Crippen molar-refractivity contribution in [3.63, 3.8) is 0 Å². The molecule has 7 heteroatoms. The van der Waals surface area contributed by atoms with Crippen molar-refractivity contribution in [2.24, 2.45) is 7.05 Å². The molecule has 1 heterocycles. The Hall–Kier alpha value is -3.32. The minimum Gasteiger partial charge on any atom is -0.508 e. The molecule has 0 saturated carbocycles. The van der Waals surface area contributed by atoms with E-state index < -0.39 is 0 Å². The molecule has 0 unspecified atom stereocenters. The Kier molecular flexibility index (Phi) is 5.42. The van der Waals surface area contributed by atoms with E-state index in [2.05, 4.69) is 5.32 Å². The number of rotatable bonds is 4. The number of hydrogen-bond acceptors (Lipinski definition) is 5. The highest BCUT2D eigenvalue weighted by molar-refractivity contribution is 7.07. The zero-order chi connectivity index (χ0) is 19.4. The van der Waals surface area contributed by atoms with Crippen molar-refractivity contribution in [2.75, 3.05) is 12.4 Å². The number of carbonyl (C=O) groups is 1. The van der Waals surface area contributed by atoms with E-state index in [-0.39, 0.29) is 17.2 Å². The van der Waals surface area contributed by atoms with E-state index in [9.17, 15) is 14.7 Å². The van der Waals surface area contributed by atoms with E-state index in [0.717, 1.165) is 5.56 Å². The minimum atomic E-state index is -0.354. The van der Waals surface area contributed by atoms with Gasteiger partial charge in [0.1, 0.15) is 16.2 Å². The van der Waals surface area contributed by atoms with Crippen molar-refractivity contribution in [2.45, 2.75) is 0 Å². The number of nitrogens with zero attached hydrogens (tertiary/aromatic N) is 1. The van der Waals surface area contributed by atoms with Crippen molar-refractivity contribution in [1.82, 2.24) is 4.57 Å². The second-order valence-corrected chi connectivity index (χ2v) is 6.80. The fourth-order valence-electron chi connectivity index (χ4n) is 2.46. The van der Waals surface area contributed by atoms with Crippen molar-refractivity contribution in [3.05, 3.63) is 73.6 Å². The molecule has 0 saturated heterocycles. The zero-order valence-corrected chi connectivity index (χ0v) is 15.6. The van der Waals surface area contributed by atoms with Crippen LogP contribution >= 0.6 is 11.3 Å². The molecule has 2 N–H and O–H groups in total. The SMILES string of the molecule is COc1ccccc1NC(=O)/C=c1\s/c(=C\c2ccc(O)cc2)c(=O)n1C. The van der Waals surface area contributed by atoms with Crippen LogP contribution in [0.15, 0.2) is 53.3 Å². The number of anilines is 1. The zero-order valence-electron chi connectivity index (χ0n) is 14.8. The molecule has 0 spiro atoms. The van der Waals surface area contributed by atoms with E-state index >= 15 is 0 Å². The quantitative estimate of drug-likeness (QED) is 0.715. The van der Waals surface area contributed by atoms with Crippen LogP contribution in [0.1, 0.15) is 5.56 Å². The Bertz CT molecular complexity index is 1140. The highest BCUT2D eigenvalue weighted by Gasteiger charge is 2.06. The molecule has 0 aliphatic rings. The predicted octanol–water partition coefficient (Wildman–Crippen LogP) is 1.41. The second-order valence-electron chi connectivity index (χ2n) is 5.74. The van der Waals surface area contributed by atoms with Crippen molar-refractivity contribution in [3.8, 4) is 11.5 Å². The van der Waals surface area contributed by atoms with Gasteiger partial charge in [-0.15, -0.1) is 11.3 Å². The summed E-state index contributed by atoms with van der Waals surface area (Å²) in [5, 5.41) is 12.1. The maximum absolute atomic E-state index is 12.4. The topological polar surface area (TPSA) is 80.6 Å². The van der Waals surface area contributed by atoms with Crippen LogP contribution in [0.4, 0.5) is 5.69 Å². The Morgan fingerprint density at radius 1 is 1.19 bits per heavy atom. The average Bonchev–Trinajstić information content (AvgIpc) is 2.92. The molecule has 0 atom stereocenters. The van der Waals surface area contributed by atoms with Gasteiger partial charge in [0.25, 0.3) is 11.5 Å². The highest BCUT2D eigenvalue weighted by Crippen LogP contribution is 2.22. The van der Waals surface area contributed by atoms with Crippen LogP contribution in [0.2, 0.25) is 0 Å². The van der Waals surface area contributed by atoms with E-state index in [1.165, 1.54) is 29.1 Å². The number of thiazole rings is 1. The summed E-state index contributed by atoms with van der Waals surface area (Å²) in [5.41, 5.74) is 1.15. The van der Waals surface area contributed by atoms with Gasteiger partial charge in [-0.05, 0) is 35.9 Å². The third-order valence-corrected chi connectivity index (χ3v) is 4.98. The Morgan fingerprint density at radius 2 is 1.89 bits per heavy atom. The number of phenolic OH excluding ortho intramolecular Hbond substituents is 1. The first-order valence-electron chi connectivity index (χ1n) is 8.10. The van der Waals surface area contributed by atoms with Crippen LogP contribution in [0.5, 0.6) is 11.5 Å². The van der Waals surface area contributed by atoms with Crippen molar-refractivity contribution < 1.29 is 14.6 Å². The third kappa shape index (κ3) is 4.27. The number of nitrogens with one attached hydrogen (secondary N) is 1. The van der Waals surface area contributed by atoms with E-state index in [1.54, 1.807) is 55.6 Å². The van der Waals surface area contributed by atoms with E-state index in [1.807, 2.05) is 6.07 Å². The first-order chi connectivity index (χ1) is 13.0. The van der Waals surface area contributed by atoms with Gasteiger partial charge in [0.15, 0.2) is 0 Å². The molecule has 2 aromatic carbocycles. The van der Waals surface area contributed by atoms with Crippen LogP contribution in [0, 0.1) is 0 Å². The van der Waals surface area contributed by atoms with E-state index in [0.29, 0.717) is 20.6 Å². The van der Waals surface area contributed by atoms with E-state index in [4.69, 9.17) is 4.74 Å². The monoisotopic (exact) mass is 382 g/mol. The van der Waals surface area contributed by atoms with Crippen molar-refractivity contribution in [1.29, 1.82) is 0 Å². The van der Waals surface area contributed by atoms with Gasteiger partial charge in [0, 0.05) is 13.1 Å². The lowest BCUT2D eigenvalue weighted by molar-refractivity contribution is -0.110. The number of para-hydroxylation sites is 2. The number of ether oxygens (including phenoxy) is 1. The molecule has 0 radical (unpaired) electrons. The molecular weight excluding hydrogens is 364 g/mol. The summed E-state index contributed by atoms with van der Waals surface area (Å²) in [6, 6.07) is 13.6. The molecule has 3 rings (SSSR count). The molecular formula is C20H18N2O4S. The number of hydrogen-bond donors (Lipinski definition) is 2. The van der Waals surface area contributed by atoms with Gasteiger partial charge in [-0.1, -0.05) is 24.3 Å². The number of methoxy groups -OCH3 is 1. The van der Waals surface area contributed by atoms with Crippen LogP contribution in [-0.2, 0) is 11.8 Å². The van der Waals surface area contributed by atoms with Gasteiger partial charge in [0.05, 0.1) is 17.3 Å². The third-order valence-electron chi connectivity index (χ3n) is 3.87. The second kappa shape index (κ2) is 7.92. The molecule has 0 fully saturated rings. The standard InChI is InChI=1S/C20H18N2O4S/c1-22-19(12-18(24)21-15-5-3-4-6-16(15)26-2)27-17(20(22)25)11-13-7-9-14(23)10-8-13/h3-12,23H,1-2H3,(H,21,24)/b17-11-,19-12-. The summed E-state index contributed by atoms with van der Waals surface area (Å²) < 4.78 is 7.67. The van der Waals surface area contributed by atoms with Crippen LogP contribution in [-0.4, -0.2) is 22.7 Å². The fourth-order valence-corrected chi connectivity index (χ4v) is 3.49. The number of amides is 1. The maximum atomic E-state index is 12.4. The molecule has 27 heavy (non-hydrogen) atoms. The number of aromatic nitrogens is 1. The molecule has 0 aliphatic heterocycles. The molecule has 138 valence electrons. The molecule has 1 amide bonds. The van der Waals surface area contributed by atoms with Gasteiger partial charge in [-0.3, -0.25) is 9.59 Å². The minimum absolute atomic E-state index is 0.160. The molecule has 0 aliphatic carbocycles. The Labute approximate surface area is 159 Å². The van der Waals surface area contributed by atoms with Crippen LogP contribution in [0.3, 0.4) is 0 Å². The summed E-state index contributed by atoms with van der Waals surface area (Å²) in [4.78, 5) is 24.8. The molecule has 3 aromatic rings. The lowest BCUT2D eigenvalue weighted by Gasteiger charge is -2.07. The predicted molar refractivity (Wildman–Crippen MR) is 107 cm³/mol. The van der Waals surface area contributed by atoms with Gasteiger partial charge in [0.2, 0.25) is 0 Å². The van der Waals surface area contributed by atoms with Crippen LogP contribution in [0.25, 0.3) is 12.2 Å². The Morgan fingerprint density at radius 3 is 2.59 bits per heavy atom. The lowest BCUT2D eigenvalue weighted by atomic mass is 10.2. The smallest absolute Gasteiger partial charge is 0.268 e. The number of carbonyl (C=O) groups excluding carboxylic acids is 1. The Balaban J connectivity index is 1.94. The first-order valence-corrected chi connectivity index (χ1v) is 8.92. The summed E-state index contributed by atoms with van der Waals surface area (Å²) in [5.74, 6) is 0.362. The average molecular weight is 382 g/mol.